The second kappa shape index (κ2) is 15.2. The van der Waals surface area contributed by atoms with Crippen molar-refractivity contribution in [1.29, 1.82) is 0 Å². The summed E-state index contributed by atoms with van der Waals surface area (Å²) >= 11 is 0. The fourth-order valence-electron chi connectivity index (χ4n) is 11.1. The number of hydrogen-bond acceptors (Lipinski definition) is 2. The van der Waals surface area contributed by atoms with Gasteiger partial charge in [-0.05, 0) is 161 Å². The molecule has 3 heteroatoms. The topological polar surface area (TPSA) is 6.48 Å². The van der Waals surface area contributed by atoms with Crippen molar-refractivity contribution in [2.24, 2.45) is 0 Å². The lowest BCUT2D eigenvalue weighted by Gasteiger charge is -2.48. The molecule has 0 saturated heterocycles. The Bertz CT molecular complexity index is 2880. The molecule has 0 saturated carbocycles. The van der Waals surface area contributed by atoms with E-state index in [-0.39, 0.29) is 39.2 Å². The van der Waals surface area contributed by atoms with Crippen molar-refractivity contribution in [3.8, 4) is 11.1 Å². The number of nitrogens with zero attached hydrogens (tertiary/aromatic N) is 2. The number of hydrogen-bond donors (Lipinski definition) is 0. The van der Waals surface area contributed by atoms with Crippen molar-refractivity contribution in [2.75, 3.05) is 9.80 Å². The molecule has 0 aromatic heterocycles. The van der Waals surface area contributed by atoms with Gasteiger partial charge in [-0.1, -0.05) is 185 Å². The van der Waals surface area contributed by atoms with Crippen LogP contribution in [0.5, 0.6) is 0 Å². The Morgan fingerprint density at radius 2 is 0.955 bits per heavy atom. The molecule has 0 amide bonds. The van der Waals surface area contributed by atoms with Crippen LogP contribution in [0.4, 0.5) is 34.1 Å². The fraction of sp³-hybridized carbons (Fsp3) is 0.429. The van der Waals surface area contributed by atoms with Crippen LogP contribution in [-0.4, -0.2) is 6.71 Å². The molecule has 0 unspecified atom stereocenters. The van der Waals surface area contributed by atoms with Crippen LogP contribution >= 0.6 is 0 Å². The normalized spacial score (nSPS) is 16.5. The zero-order chi connectivity index (χ0) is 47.8. The van der Waals surface area contributed by atoms with Gasteiger partial charge in [0.1, 0.15) is 0 Å². The monoisotopic (exact) mass is 873 g/mol. The summed E-state index contributed by atoms with van der Waals surface area (Å²) in [6.07, 6.45) is 2.34. The molecule has 6 aromatic carbocycles. The Hall–Kier alpha value is -5.02. The second-order valence-corrected chi connectivity index (χ2v) is 26.1. The maximum Gasteiger partial charge on any atom is 0.252 e. The largest absolute Gasteiger partial charge is 0.311 e. The average molecular weight is 873 g/mol. The molecular weight excluding hydrogens is 796 g/mol. The van der Waals surface area contributed by atoms with Gasteiger partial charge in [-0.3, -0.25) is 0 Å². The van der Waals surface area contributed by atoms with Crippen LogP contribution in [0.1, 0.15) is 182 Å². The molecule has 6 aromatic rings. The number of benzene rings is 6. The maximum atomic E-state index is 2.71. The third kappa shape index (κ3) is 7.75. The summed E-state index contributed by atoms with van der Waals surface area (Å²) < 4.78 is 0. The van der Waals surface area contributed by atoms with Gasteiger partial charge in [0.2, 0.25) is 0 Å². The van der Waals surface area contributed by atoms with Crippen molar-refractivity contribution in [3.63, 3.8) is 0 Å². The Morgan fingerprint density at radius 1 is 0.455 bits per heavy atom. The van der Waals surface area contributed by atoms with Crippen molar-refractivity contribution in [1.82, 2.24) is 0 Å². The highest BCUT2D eigenvalue weighted by Crippen LogP contribution is 2.52. The lowest BCUT2D eigenvalue weighted by atomic mass is 9.33. The van der Waals surface area contributed by atoms with Crippen LogP contribution < -0.4 is 26.2 Å². The second-order valence-electron chi connectivity index (χ2n) is 26.1. The first-order valence-electron chi connectivity index (χ1n) is 25.0. The standard InChI is InChI=1S/C63H77BN2/c1-39(2)41-32-55-57-56(33-41)66(52-29-27-44(60(9,10)11)35-47(52)40-22-24-42(25-23-40)58(3,4)5)54-38-49-48(62(15,16)30-31-63(49,17)18)37-51(54)64(57)50-28-26-45(61(12,13)14)36-53(50)65(55)46-21-19-20-43(34-46)59(6,7)8/h19-29,32-39H,30-31H2,1-18H3. The summed E-state index contributed by atoms with van der Waals surface area (Å²) in [5, 5.41) is 0. The van der Waals surface area contributed by atoms with E-state index in [1.165, 1.54) is 113 Å². The highest BCUT2D eigenvalue weighted by atomic mass is 15.2. The molecule has 0 radical (unpaired) electrons. The lowest BCUT2D eigenvalue weighted by Crippen LogP contribution is -2.62. The van der Waals surface area contributed by atoms with Crippen LogP contribution in [0.25, 0.3) is 11.1 Å². The first kappa shape index (κ1) is 46.1. The minimum atomic E-state index is -0.0212. The van der Waals surface area contributed by atoms with Crippen molar-refractivity contribution in [2.45, 2.75) is 176 Å². The van der Waals surface area contributed by atoms with Gasteiger partial charge in [-0.25, -0.2) is 0 Å². The quantitative estimate of drug-likeness (QED) is 0.163. The van der Waals surface area contributed by atoms with E-state index in [1.807, 2.05) is 0 Å². The lowest BCUT2D eigenvalue weighted by molar-refractivity contribution is 0.332. The Balaban J connectivity index is 1.45. The highest BCUT2D eigenvalue weighted by Gasteiger charge is 2.47. The van der Waals surface area contributed by atoms with Crippen molar-refractivity contribution >= 4 is 57.2 Å². The molecule has 2 nitrogen and oxygen atoms in total. The summed E-state index contributed by atoms with van der Waals surface area (Å²) in [5.74, 6) is 0.314. The minimum Gasteiger partial charge on any atom is -0.311 e. The fourth-order valence-corrected chi connectivity index (χ4v) is 11.1. The van der Waals surface area contributed by atoms with Gasteiger partial charge < -0.3 is 9.80 Å². The van der Waals surface area contributed by atoms with E-state index in [0.29, 0.717) is 5.92 Å². The molecule has 0 spiro atoms. The summed E-state index contributed by atoms with van der Waals surface area (Å²) in [6, 6.07) is 44.2. The van der Waals surface area contributed by atoms with Crippen LogP contribution in [0.2, 0.25) is 0 Å². The predicted octanol–water partition coefficient (Wildman–Crippen LogP) is 16.1. The molecule has 0 N–H and O–H groups in total. The molecule has 2 heterocycles. The van der Waals surface area contributed by atoms with Gasteiger partial charge in [-0.15, -0.1) is 0 Å². The first-order chi connectivity index (χ1) is 30.6. The Labute approximate surface area is 400 Å². The molecule has 9 rings (SSSR count). The summed E-state index contributed by atoms with van der Waals surface area (Å²) in [7, 11) is 0. The van der Waals surface area contributed by atoms with E-state index in [1.54, 1.807) is 0 Å². The van der Waals surface area contributed by atoms with E-state index >= 15 is 0 Å². The van der Waals surface area contributed by atoms with Crippen molar-refractivity contribution < 1.29 is 0 Å². The van der Waals surface area contributed by atoms with Crippen LogP contribution in [0, 0.1) is 0 Å². The van der Waals surface area contributed by atoms with Gasteiger partial charge >= 0.3 is 0 Å². The molecule has 0 atom stereocenters. The molecule has 342 valence electrons. The third-order valence-electron chi connectivity index (χ3n) is 15.7. The first-order valence-corrected chi connectivity index (χ1v) is 25.0. The molecular formula is C63H77BN2. The van der Waals surface area contributed by atoms with Gasteiger partial charge in [-0.2, -0.15) is 0 Å². The molecule has 0 bridgehead atoms. The van der Waals surface area contributed by atoms with E-state index < -0.39 is 0 Å². The zero-order valence-electron chi connectivity index (χ0n) is 43.9. The molecule has 2 aliphatic heterocycles. The van der Waals surface area contributed by atoms with Crippen molar-refractivity contribution in [3.05, 3.63) is 148 Å². The summed E-state index contributed by atoms with van der Waals surface area (Å²) in [5.41, 5.74) is 24.2. The van der Waals surface area contributed by atoms with E-state index in [9.17, 15) is 0 Å². The Morgan fingerprint density at radius 3 is 1.53 bits per heavy atom. The van der Waals surface area contributed by atoms with E-state index in [0.717, 1.165) is 0 Å². The smallest absolute Gasteiger partial charge is 0.252 e. The van der Waals surface area contributed by atoms with E-state index in [2.05, 4.69) is 244 Å². The molecule has 0 fully saturated rings. The number of fused-ring (bicyclic) bond motifs is 5. The number of anilines is 6. The average Bonchev–Trinajstić information content (AvgIpc) is 3.23. The van der Waals surface area contributed by atoms with E-state index in [4.69, 9.17) is 0 Å². The predicted molar refractivity (Wildman–Crippen MR) is 290 cm³/mol. The SMILES string of the molecule is CC(C)c1cc2c3c(c1)N(c1ccc(C(C)(C)C)cc1-c1ccc(C(C)(C)C)cc1)c1cc4c(cc1B3c1ccc(C(C)(C)C)cc1N2c1cccc(C(C)(C)C)c1)C(C)(C)CCC4(C)C. The van der Waals surface area contributed by atoms with Gasteiger partial charge in [0.25, 0.3) is 6.71 Å². The Kier molecular flexibility index (Phi) is 10.7. The van der Waals surface area contributed by atoms with Gasteiger partial charge in [0, 0.05) is 34.0 Å². The number of rotatable bonds is 4. The molecule has 3 aliphatic rings. The van der Waals surface area contributed by atoms with Gasteiger partial charge in [0.05, 0.1) is 5.69 Å². The van der Waals surface area contributed by atoms with Crippen LogP contribution in [0.3, 0.4) is 0 Å². The highest BCUT2D eigenvalue weighted by molar-refractivity contribution is 7.00. The maximum absolute atomic E-state index is 2.71. The van der Waals surface area contributed by atoms with Crippen LogP contribution in [-0.2, 0) is 32.5 Å². The molecule has 66 heavy (non-hydrogen) atoms. The minimum absolute atomic E-state index is 0.000256. The van der Waals surface area contributed by atoms with Crippen LogP contribution in [0.15, 0.2) is 109 Å². The summed E-state index contributed by atoms with van der Waals surface area (Å²) in [4.78, 5) is 5.36. The third-order valence-corrected chi connectivity index (χ3v) is 15.7. The summed E-state index contributed by atoms with van der Waals surface area (Å²) in [6.45, 7) is 42.8. The van der Waals surface area contributed by atoms with Gasteiger partial charge in [0.15, 0.2) is 0 Å². The molecule has 1 aliphatic carbocycles. The zero-order valence-corrected chi connectivity index (χ0v) is 43.9.